The summed E-state index contributed by atoms with van der Waals surface area (Å²) in [7, 11) is 0. The van der Waals surface area contributed by atoms with Crippen LogP contribution in [0.3, 0.4) is 0 Å². The summed E-state index contributed by atoms with van der Waals surface area (Å²) in [5, 5.41) is 10.2. The van der Waals surface area contributed by atoms with Crippen LogP contribution in [0, 0.1) is 58.7 Å². The molecule has 0 aromatic rings. The summed E-state index contributed by atoms with van der Waals surface area (Å²) in [6, 6.07) is 0. The van der Waals surface area contributed by atoms with Gasteiger partial charge in [-0.05, 0) is 137 Å². The molecule has 0 aromatic heterocycles. The highest BCUT2D eigenvalue weighted by Gasteiger charge is 2.54. The van der Waals surface area contributed by atoms with E-state index in [4.69, 9.17) is 0 Å². The predicted molar refractivity (Wildman–Crippen MR) is 120 cm³/mol. The van der Waals surface area contributed by atoms with E-state index in [1.165, 1.54) is 64.2 Å². The van der Waals surface area contributed by atoms with Crippen molar-refractivity contribution in [1.29, 1.82) is 0 Å². The summed E-state index contributed by atoms with van der Waals surface area (Å²) < 4.78 is 0. The van der Waals surface area contributed by atoms with E-state index in [0.29, 0.717) is 5.92 Å². The topological polar surface area (TPSA) is 37.3 Å². The molecule has 0 spiro atoms. The Morgan fingerprint density at radius 3 is 2.23 bits per heavy atom. The van der Waals surface area contributed by atoms with Gasteiger partial charge >= 0.3 is 5.97 Å². The number of aliphatic carboxylic acids is 1. The van der Waals surface area contributed by atoms with E-state index < -0.39 is 11.4 Å². The number of carbonyl (C=O) groups is 1. The number of carboxylic acid groups (broad SMARTS) is 1. The molecule has 0 heterocycles. The fraction of sp³-hybridized carbons (Fsp3) is 0.821. The Hall–Kier alpha value is -1.05. The first-order valence-corrected chi connectivity index (χ1v) is 13.2. The van der Waals surface area contributed by atoms with E-state index in [1.54, 1.807) is 0 Å². The average molecular weight is 409 g/mol. The average Bonchev–Trinajstić information content (AvgIpc) is 3.28. The Labute approximate surface area is 182 Å². The Morgan fingerprint density at radius 2 is 1.47 bits per heavy atom. The summed E-state index contributed by atoms with van der Waals surface area (Å²) in [6.07, 6.45) is 25.8. The number of allylic oxidation sites excluding steroid dienone is 4. The molecular formula is C28H40O2. The SMILES string of the molecule is O=C(O)C1(C2CCC3C(CCC4C3CCC3C5CC=CC5CCC34)C2)CC=CCC1. The molecule has 1 N–H and O–H groups in total. The monoisotopic (exact) mass is 408 g/mol. The summed E-state index contributed by atoms with van der Waals surface area (Å²) >= 11 is 0. The highest BCUT2D eigenvalue weighted by molar-refractivity contribution is 5.75. The molecule has 4 fully saturated rings. The lowest BCUT2D eigenvalue weighted by molar-refractivity contribution is -0.157. The van der Waals surface area contributed by atoms with Gasteiger partial charge in [0.1, 0.15) is 0 Å². The van der Waals surface area contributed by atoms with E-state index in [-0.39, 0.29) is 0 Å². The maximum Gasteiger partial charge on any atom is 0.310 e. The van der Waals surface area contributed by atoms with Crippen molar-refractivity contribution in [3.8, 4) is 0 Å². The Kier molecular flexibility index (Phi) is 4.92. The maximum atomic E-state index is 12.4. The summed E-state index contributed by atoms with van der Waals surface area (Å²) in [5.41, 5.74) is -0.456. The first kappa shape index (κ1) is 19.6. The molecule has 10 atom stereocenters. The first-order chi connectivity index (χ1) is 14.7. The van der Waals surface area contributed by atoms with Crippen LogP contribution in [-0.2, 0) is 4.79 Å². The Balaban J connectivity index is 1.17. The molecule has 0 radical (unpaired) electrons. The number of rotatable bonds is 2. The van der Waals surface area contributed by atoms with Gasteiger partial charge in [-0.1, -0.05) is 24.3 Å². The minimum Gasteiger partial charge on any atom is -0.481 e. The second-order valence-electron chi connectivity index (χ2n) is 12.0. The zero-order chi connectivity index (χ0) is 20.3. The van der Waals surface area contributed by atoms with E-state index in [1.807, 2.05) is 0 Å². The fourth-order valence-electron chi connectivity index (χ4n) is 9.97. The molecule has 6 aliphatic carbocycles. The van der Waals surface area contributed by atoms with Gasteiger partial charge < -0.3 is 5.11 Å². The van der Waals surface area contributed by atoms with E-state index >= 15 is 0 Å². The van der Waals surface area contributed by atoms with Crippen LogP contribution in [0.4, 0.5) is 0 Å². The van der Waals surface area contributed by atoms with Gasteiger partial charge in [-0.3, -0.25) is 4.79 Å². The Bertz CT molecular complexity index is 737. The van der Waals surface area contributed by atoms with Crippen LogP contribution in [0.15, 0.2) is 24.3 Å². The highest BCUT2D eigenvalue weighted by atomic mass is 16.4. The number of fused-ring (bicyclic) bond motifs is 7. The summed E-state index contributed by atoms with van der Waals surface area (Å²) in [5.74, 6) is 7.49. The smallest absolute Gasteiger partial charge is 0.310 e. The van der Waals surface area contributed by atoms with Gasteiger partial charge in [-0.25, -0.2) is 0 Å². The molecule has 0 saturated heterocycles. The number of hydrogen-bond donors (Lipinski definition) is 1. The molecule has 0 bridgehead atoms. The maximum absolute atomic E-state index is 12.4. The number of hydrogen-bond acceptors (Lipinski definition) is 1. The minimum atomic E-state index is -0.508. The van der Waals surface area contributed by atoms with Crippen molar-refractivity contribution in [2.24, 2.45) is 58.7 Å². The van der Waals surface area contributed by atoms with Gasteiger partial charge in [0.05, 0.1) is 5.41 Å². The molecule has 6 aliphatic rings. The lowest BCUT2D eigenvalue weighted by atomic mass is 9.47. The van der Waals surface area contributed by atoms with E-state index in [9.17, 15) is 9.90 Å². The predicted octanol–water partition coefficient (Wildman–Crippen LogP) is 6.87. The first-order valence-electron chi connectivity index (χ1n) is 13.2. The lowest BCUT2D eigenvalue weighted by Gasteiger charge is -2.57. The molecule has 0 aliphatic heterocycles. The molecule has 2 heteroatoms. The van der Waals surface area contributed by atoms with Gasteiger partial charge in [0, 0.05) is 0 Å². The zero-order valence-corrected chi connectivity index (χ0v) is 18.6. The molecule has 0 amide bonds. The van der Waals surface area contributed by atoms with Gasteiger partial charge in [-0.15, -0.1) is 0 Å². The van der Waals surface area contributed by atoms with Gasteiger partial charge in [-0.2, -0.15) is 0 Å². The second-order valence-corrected chi connectivity index (χ2v) is 12.0. The van der Waals surface area contributed by atoms with Crippen LogP contribution in [0.25, 0.3) is 0 Å². The normalized spacial score (nSPS) is 52.1. The zero-order valence-electron chi connectivity index (χ0n) is 18.6. The van der Waals surface area contributed by atoms with Crippen molar-refractivity contribution >= 4 is 5.97 Å². The van der Waals surface area contributed by atoms with Crippen LogP contribution >= 0.6 is 0 Å². The molecule has 2 nitrogen and oxygen atoms in total. The third-order valence-corrected chi connectivity index (χ3v) is 11.3. The van der Waals surface area contributed by atoms with Crippen LogP contribution in [0.1, 0.15) is 83.5 Å². The van der Waals surface area contributed by atoms with Crippen LogP contribution in [0.5, 0.6) is 0 Å². The minimum absolute atomic E-state index is 0.411. The van der Waals surface area contributed by atoms with Crippen molar-refractivity contribution < 1.29 is 9.90 Å². The van der Waals surface area contributed by atoms with Crippen molar-refractivity contribution in [2.45, 2.75) is 83.5 Å². The second kappa shape index (κ2) is 7.52. The molecular weight excluding hydrogens is 368 g/mol. The fourth-order valence-corrected chi connectivity index (χ4v) is 9.97. The van der Waals surface area contributed by atoms with Crippen molar-refractivity contribution in [3.63, 3.8) is 0 Å². The molecule has 164 valence electrons. The van der Waals surface area contributed by atoms with Crippen molar-refractivity contribution in [3.05, 3.63) is 24.3 Å². The van der Waals surface area contributed by atoms with E-state index in [0.717, 1.165) is 66.6 Å². The van der Waals surface area contributed by atoms with Gasteiger partial charge in [0.2, 0.25) is 0 Å². The molecule has 0 aromatic carbocycles. The van der Waals surface area contributed by atoms with Crippen molar-refractivity contribution in [2.75, 3.05) is 0 Å². The molecule has 30 heavy (non-hydrogen) atoms. The largest absolute Gasteiger partial charge is 0.481 e. The quantitative estimate of drug-likeness (QED) is 0.506. The molecule has 6 rings (SSSR count). The van der Waals surface area contributed by atoms with Crippen LogP contribution in [0.2, 0.25) is 0 Å². The summed E-state index contributed by atoms with van der Waals surface area (Å²) in [4.78, 5) is 12.4. The van der Waals surface area contributed by atoms with Gasteiger partial charge in [0.25, 0.3) is 0 Å². The van der Waals surface area contributed by atoms with Crippen LogP contribution < -0.4 is 0 Å². The van der Waals surface area contributed by atoms with Crippen LogP contribution in [-0.4, -0.2) is 11.1 Å². The van der Waals surface area contributed by atoms with Gasteiger partial charge in [0.15, 0.2) is 0 Å². The highest BCUT2D eigenvalue weighted by Crippen LogP contribution is 2.62. The standard InChI is InChI=1S/C28H40O2/c29-27(30)28(15-2-1-3-16-28)20-9-12-22-19(17-20)8-11-26-24(22)14-13-23-21-6-4-5-18(21)7-10-25(23)26/h1-2,4-5,18-26H,3,6-17H2,(H,29,30). The Morgan fingerprint density at radius 1 is 0.767 bits per heavy atom. The third-order valence-electron chi connectivity index (χ3n) is 11.3. The van der Waals surface area contributed by atoms with Crippen molar-refractivity contribution in [1.82, 2.24) is 0 Å². The van der Waals surface area contributed by atoms with E-state index in [2.05, 4.69) is 24.3 Å². The number of carboxylic acids is 1. The summed E-state index contributed by atoms with van der Waals surface area (Å²) in [6.45, 7) is 0. The lowest BCUT2D eigenvalue weighted by Crippen LogP contribution is -2.50. The molecule has 4 saturated carbocycles. The third kappa shape index (κ3) is 2.91. The molecule has 10 unspecified atom stereocenters.